The van der Waals surface area contributed by atoms with Gasteiger partial charge in [-0.1, -0.05) is 0 Å². The topological polar surface area (TPSA) is 165 Å². The molecule has 9 nitrogen and oxygen atoms in total. The minimum absolute atomic E-state index is 0.181. The lowest BCUT2D eigenvalue weighted by molar-refractivity contribution is -0.139. The highest BCUT2D eigenvalue weighted by Crippen LogP contribution is 2.39. The van der Waals surface area contributed by atoms with E-state index in [1.165, 1.54) is 0 Å². The van der Waals surface area contributed by atoms with Crippen LogP contribution >= 0.6 is 0 Å². The summed E-state index contributed by atoms with van der Waals surface area (Å²) in [6.45, 7) is 0. The zero-order chi connectivity index (χ0) is 18.7. The molecule has 4 N–H and O–H groups in total. The molecule has 132 valence electrons. The van der Waals surface area contributed by atoms with Gasteiger partial charge in [-0.2, -0.15) is 30.0 Å². The average Bonchev–Trinajstić information content (AvgIpc) is 2.32. The third kappa shape index (κ3) is 3.08. The molecule has 14 heteroatoms. The van der Waals surface area contributed by atoms with Crippen molar-refractivity contribution in [1.29, 1.82) is 0 Å². The maximum absolute atomic E-state index is 13.2. The summed E-state index contributed by atoms with van der Waals surface area (Å²) in [5, 5.41) is -1.21. The Morgan fingerprint density at radius 2 is 1.58 bits per heavy atom. The molecule has 0 fully saturated rings. The molecular weight excluding hydrogens is 383 g/mol. The molecule has 0 aliphatic carbocycles. The van der Waals surface area contributed by atoms with E-state index in [9.17, 15) is 34.8 Å². The Morgan fingerprint density at radius 1 is 1.04 bits per heavy atom. The molecule has 2 rings (SSSR count). The fraction of sp³-hybridized carbons (Fsp3) is 0.100. The molecule has 0 unspecified atom stereocenters. The average molecular weight is 389 g/mol. The van der Waals surface area contributed by atoms with Crippen molar-refractivity contribution >= 4 is 36.9 Å². The Hall–Kier alpha value is -2.16. The SMILES string of the molecule is Nc1cc2oc(=O)c(S(=O)(=O)O)c(C(F)(F)F)c2cc1S(=O)(=O)O. The van der Waals surface area contributed by atoms with Crippen molar-refractivity contribution in [2.75, 3.05) is 5.73 Å². The minimum atomic E-state index is -5.67. The molecule has 0 bridgehead atoms. The van der Waals surface area contributed by atoms with Gasteiger partial charge in [0.1, 0.15) is 10.5 Å². The van der Waals surface area contributed by atoms with Gasteiger partial charge in [0, 0.05) is 11.5 Å². The second-order valence-corrected chi connectivity index (χ2v) is 7.18. The van der Waals surface area contributed by atoms with E-state index in [0.29, 0.717) is 6.07 Å². The molecule has 24 heavy (non-hydrogen) atoms. The zero-order valence-electron chi connectivity index (χ0n) is 11.0. The van der Waals surface area contributed by atoms with Crippen molar-refractivity contribution in [2.24, 2.45) is 0 Å². The fourth-order valence-corrected chi connectivity index (χ4v) is 3.32. The second kappa shape index (κ2) is 5.17. The van der Waals surface area contributed by atoms with Crippen LogP contribution in [0.15, 0.2) is 31.1 Å². The first-order valence-corrected chi connectivity index (χ1v) is 8.44. The molecule has 0 amide bonds. The molecule has 0 radical (unpaired) electrons. The molecule has 1 aromatic carbocycles. The van der Waals surface area contributed by atoms with Crippen LogP contribution in [0.2, 0.25) is 0 Å². The van der Waals surface area contributed by atoms with E-state index in [4.69, 9.17) is 14.8 Å². The van der Waals surface area contributed by atoms with Gasteiger partial charge in [-0.3, -0.25) is 9.11 Å². The molecule has 2 aromatic rings. The van der Waals surface area contributed by atoms with Crippen molar-refractivity contribution in [3.63, 3.8) is 0 Å². The number of alkyl halides is 3. The largest absolute Gasteiger partial charge is 0.422 e. The lowest BCUT2D eigenvalue weighted by Crippen LogP contribution is -2.22. The Labute approximate surface area is 131 Å². The van der Waals surface area contributed by atoms with Gasteiger partial charge < -0.3 is 10.2 Å². The number of halogens is 3. The van der Waals surface area contributed by atoms with Crippen LogP contribution in [-0.4, -0.2) is 25.9 Å². The summed E-state index contributed by atoms with van der Waals surface area (Å²) in [5.41, 5.74) is -0.575. The zero-order valence-corrected chi connectivity index (χ0v) is 12.7. The van der Waals surface area contributed by atoms with Crippen LogP contribution in [0, 0.1) is 0 Å². The summed E-state index contributed by atoms with van der Waals surface area (Å²) < 4.78 is 106. The van der Waals surface area contributed by atoms with E-state index in [-0.39, 0.29) is 6.07 Å². The number of fused-ring (bicyclic) bond motifs is 1. The first kappa shape index (κ1) is 18.2. The highest BCUT2D eigenvalue weighted by molar-refractivity contribution is 7.86. The van der Waals surface area contributed by atoms with Crippen molar-refractivity contribution in [2.45, 2.75) is 16.0 Å². The number of rotatable bonds is 2. The van der Waals surface area contributed by atoms with Gasteiger partial charge in [0.15, 0.2) is 4.90 Å². The Morgan fingerprint density at radius 3 is 2.00 bits per heavy atom. The fourth-order valence-electron chi connectivity index (χ4n) is 1.97. The summed E-state index contributed by atoms with van der Waals surface area (Å²) in [4.78, 5) is 8.24. The molecule has 0 saturated carbocycles. The molecule has 0 aliphatic rings. The predicted octanol–water partition coefficient (Wildman–Crippen LogP) is 0.887. The standard InChI is InChI=1S/C10H6F3NO8S2/c11-10(12,13)7-3-1-6(23(16,17)18)4(14)2-5(3)22-9(15)8(7)24(19,20)21/h1-2H,14H2,(H,16,17,18)(H,19,20,21). The van der Waals surface area contributed by atoms with Gasteiger partial charge >= 0.3 is 21.9 Å². The molecule has 0 atom stereocenters. The van der Waals surface area contributed by atoms with Crippen molar-refractivity contribution in [3.05, 3.63) is 28.1 Å². The Balaban J connectivity index is 3.22. The van der Waals surface area contributed by atoms with Gasteiger partial charge in [0.25, 0.3) is 10.1 Å². The highest BCUT2D eigenvalue weighted by Gasteiger charge is 2.42. The quantitative estimate of drug-likeness (QED) is 0.384. The van der Waals surface area contributed by atoms with Gasteiger partial charge in [0.05, 0.1) is 11.3 Å². The van der Waals surface area contributed by atoms with Crippen molar-refractivity contribution in [1.82, 2.24) is 0 Å². The number of hydrogen-bond donors (Lipinski definition) is 3. The second-order valence-electron chi connectivity index (χ2n) is 4.43. The first-order chi connectivity index (χ1) is 10.6. The van der Waals surface area contributed by atoms with E-state index in [1.54, 1.807) is 0 Å². The number of nitrogen functional groups attached to an aromatic ring is 1. The third-order valence-electron chi connectivity index (χ3n) is 2.82. The van der Waals surface area contributed by atoms with Crippen LogP contribution in [0.5, 0.6) is 0 Å². The molecule has 1 heterocycles. The summed E-state index contributed by atoms with van der Waals surface area (Å²) in [6.07, 6.45) is -5.49. The number of nitrogens with two attached hydrogens (primary N) is 1. The Bertz CT molecular complexity index is 1120. The lowest BCUT2D eigenvalue weighted by Gasteiger charge is -2.14. The van der Waals surface area contributed by atoms with E-state index >= 15 is 0 Å². The van der Waals surface area contributed by atoms with Crippen LogP contribution < -0.4 is 11.4 Å². The molecule has 0 saturated heterocycles. The van der Waals surface area contributed by atoms with Crippen LogP contribution in [0.4, 0.5) is 18.9 Å². The van der Waals surface area contributed by atoms with E-state index < -0.39 is 64.0 Å². The molecule has 1 aromatic heterocycles. The van der Waals surface area contributed by atoms with Gasteiger partial charge in [-0.25, -0.2) is 4.79 Å². The Kier molecular flexibility index (Phi) is 3.92. The maximum atomic E-state index is 13.2. The summed E-state index contributed by atoms with van der Waals surface area (Å²) in [7, 11) is -10.7. The molecule has 0 aliphatic heterocycles. The summed E-state index contributed by atoms with van der Waals surface area (Å²) >= 11 is 0. The molecular formula is C10H6F3NO8S2. The van der Waals surface area contributed by atoms with Crippen molar-refractivity contribution in [3.8, 4) is 0 Å². The first-order valence-electron chi connectivity index (χ1n) is 5.56. The maximum Gasteiger partial charge on any atom is 0.418 e. The number of anilines is 1. The van der Waals surface area contributed by atoms with Crippen LogP contribution in [0.25, 0.3) is 11.0 Å². The molecule has 0 spiro atoms. The highest BCUT2D eigenvalue weighted by atomic mass is 32.2. The normalized spacial score (nSPS) is 13.4. The van der Waals surface area contributed by atoms with E-state index in [1.807, 2.05) is 0 Å². The monoisotopic (exact) mass is 389 g/mol. The predicted molar refractivity (Wildman–Crippen MR) is 71.5 cm³/mol. The van der Waals surface area contributed by atoms with Crippen LogP contribution in [0.3, 0.4) is 0 Å². The summed E-state index contributed by atoms with van der Waals surface area (Å²) in [5.74, 6) is 0. The van der Waals surface area contributed by atoms with Gasteiger partial charge in [0.2, 0.25) is 0 Å². The van der Waals surface area contributed by atoms with Crippen LogP contribution in [0.1, 0.15) is 5.56 Å². The lowest BCUT2D eigenvalue weighted by atomic mass is 10.1. The minimum Gasteiger partial charge on any atom is -0.422 e. The van der Waals surface area contributed by atoms with Crippen LogP contribution in [-0.2, 0) is 26.4 Å². The number of hydrogen-bond acceptors (Lipinski definition) is 7. The van der Waals surface area contributed by atoms with Crippen molar-refractivity contribution < 1.29 is 43.5 Å². The summed E-state index contributed by atoms with van der Waals surface area (Å²) in [6, 6.07) is 0.670. The van der Waals surface area contributed by atoms with Gasteiger partial charge in [-0.15, -0.1) is 0 Å². The third-order valence-corrected chi connectivity index (χ3v) is 4.61. The number of benzene rings is 1. The van der Waals surface area contributed by atoms with Gasteiger partial charge in [-0.05, 0) is 6.07 Å². The smallest absolute Gasteiger partial charge is 0.418 e. The van der Waals surface area contributed by atoms with E-state index in [2.05, 4.69) is 4.42 Å². The van der Waals surface area contributed by atoms with E-state index in [0.717, 1.165) is 0 Å².